The molecule has 0 saturated heterocycles. The van der Waals surface area contributed by atoms with Crippen molar-refractivity contribution < 1.29 is 4.42 Å². The number of benzene rings is 1. The van der Waals surface area contributed by atoms with Gasteiger partial charge in [-0.2, -0.15) is 0 Å². The second kappa shape index (κ2) is 7.79. The number of aryl methyl sites for hydroxylation is 2. The molecule has 2 aromatic heterocycles. The average Bonchev–Trinajstić information content (AvgIpc) is 2.95. The summed E-state index contributed by atoms with van der Waals surface area (Å²) in [6, 6.07) is 10.2. The maximum absolute atomic E-state index is 5.60. The number of aliphatic imine (C=N–C) groups is 1. The molecule has 0 unspecified atom stereocenters. The predicted molar refractivity (Wildman–Crippen MR) is 99.4 cm³/mol. The van der Waals surface area contributed by atoms with Crippen LogP contribution in [0.1, 0.15) is 29.8 Å². The number of oxazole rings is 1. The first-order valence-corrected chi connectivity index (χ1v) is 8.45. The minimum Gasteiger partial charge on any atom is -0.444 e. The van der Waals surface area contributed by atoms with E-state index in [2.05, 4.69) is 43.8 Å². The Balaban J connectivity index is 1.73. The number of nitrogens with one attached hydrogen (secondary N) is 2. The van der Waals surface area contributed by atoms with Crippen molar-refractivity contribution in [3.63, 3.8) is 0 Å². The molecule has 0 atom stereocenters. The van der Waals surface area contributed by atoms with Crippen LogP contribution in [0, 0.1) is 13.8 Å². The Hall–Kier alpha value is -2.89. The van der Waals surface area contributed by atoms with Crippen molar-refractivity contribution in [1.29, 1.82) is 0 Å². The molecule has 130 valence electrons. The summed E-state index contributed by atoms with van der Waals surface area (Å²) in [7, 11) is 0. The van der Waals surface area contributed by atoms with Crippen LogP contribution in [0.4, 0.5) is 0 Å². The highest BCUT2D eigenvalue weighted by molar-refractivity contribution is 5.83. The Morgan fingerprint density at radius 1 is 1.16 bits per heavy atom. The van der Waals surface area contributed by atoms with Crippen LogP contribution in [0.2, 0.25) is 0 Å². The van der Waals surface area contributed by atoms with E-state index in [-0.39, 0.29) is 0 Å². The highest BCUT2D eigenvalue weighted by atomic mass is 16.4. The van der Waals surface area contributed by atoms with Crippen molar-refractivity contribution in [2.45, 2.75) is 33.9 Å². The molecule has 0 aliphatic rings. The van der Waals surface area contributed by atoms with Crippen LogP contribution in [0.15, 0.2) is 45.9 Å². The van der Waals surface area contributed by atoms with E-state index in [0.717, 1.165) is 40.4 Å². The first-order valence-electron chi connectivity index (χ1n) is 8.45. The van der Waals surface area contributed by atoms with Crippen molar-refractivity contribution in [2.24, 2.45) is 4.99 Å². The quantitative estimate of drug-likeness (QED) is 0.553. The molecule has 0 spiro atoms. The molecule has 0 amide bonds. The van der Waals surface area contributed by atoms with Gasteiger partial charge in [0.1, 0.15) is 5.76 Å². The number of guanidine groups is 1. The van der Waals surface area contributed by atoms with E-state index in [1.807, 2.05) is 39.1 Å². The van der Waals surface area contributed by atoms with Crippen LogP contribution in [0.25, 0.3) is 10.9 Å². The number of rotatable bonds is 5. The minimum atomic E-state index is 0.494. The molecule has 6 nitrogen and oxygen atoms in total. The third kappa shape index (κ3) is 4.15. The van der Waals surface area contributed by atoms with E-state index in [4.69, 9.17) is 4.42 Å². The van der Waals surface area contributed by atoms with Gasteiger partial charge in [0, 0.05) is 18.1 Å². The minimum absolute atomic E-state index is 0.494. The molecule has 0 fully saturated rings. The fourth-order valence-corrected chi connectivity index (χ4v) is 2.58. The second-order valence-corrected chi connectivity index (χ2v) is 5.79. The molecule has 6 heteroatoms. The summed E-state index contributed by atoms with van der Waals surface area (Å²) in [6.07, 6.45) is 1.81. The number of fused-ring (bicyclic) bond motifs is 1. The molecule has 0 aliphatic heterocycles. The van der Waals surface area contributed by atoms with Crippen LogP contribution in [0.5, 0.6) is 0 Å². The highest BCUT2D eigenvalue weighted by Gasteiger charge is 2.07. The highest BCUT2D eigenvalue weighted by Crippen LogP contribution is 2.16. The molecule has 3 rings (SSSR count). The molecular weight excluding hydrogens is 314 g/mol. The lowest BCUT2D eigenvalue weighted by Gasteiger charge is -2.10. The summed E-state index contributed by atoms with van der Waals surface area (Å²) >= 11 is 0. The molecule has 0 bridgehead atoms. The monoisotopic (exact) mass is 337 g/mol. The third-order valence-corrected chi connectivity index (χ3v) is 3.95. The van der Waals surface area contributed by atoms with Crippen molar-refractivity contribution in [2.75, 3.05) is 6.54 Å². The van der Waals surface area contributed by atoms with Gasteiger partial charge in [0.25, 0.3) is 0 Å². The normalized spacial score (nSPS) is 11.7. The van der Waals surface area contributed by atoms with Gasteiger partial charge >= 0.3 is 0 Å². The Morgan fingerprint density at radius 2 is 2.00 bits per heavy atom. The van der Waals surface area contributed by atoms with Crippen LogP contribution in [0.3, 0.4) is 0 Å². The number of hydrogen-bond acceptors (Lipinski definition) is 4. The summed E-state index contributed by atoms with van der Waals surface area (Å²) in [6.45, 7) is 7.72. The fourth-order valence-electron chi connectivity index (χ4n) is 2.58. The number of para-hydroxylation sites is 1. The Kier molecular flexibility index (Phi) is 5.28. The summed E-state index contributed by atoms with van der Waals surface area (Å²) in [4.78, 5) is 13.5. The summed E-state index contributed by atoms with van der Waals surface area (Å²) in [5.41, 5.74) is 3.00. The second-order valence-electron chi connectivity index (χ2n) is 5.79. The van der Waals surface area contributed by atoms with Gasteiger partial charge in [-0.3, -0.25) is 4.98 Å². The number of nitrogens with zero attached hydrogens (tertiary/aromatic N) is 3. The van der Waals surface area contributed by atoms with Crippen LogP contribution >= 0.6 is 0 Å². The summed E-state index contributed by atoms with van der Waals surface area (Å²) in [5, 5.41) is 7.62. The van der Waals surface area contributed by atoms with Gasteiger partial charge < -0.3 is 15.1 Å². The number of aromatic nitrogens is 2. The smallest absolute Gasteiger partial charge is 0.214 e. The SMILES string of the molecule is CCNC(=NCc1cccc2cccnc12)NCc1nc(C)c(C)o1. The average molecular weight is 337 g/mol. The van der Waals surface area contributed by atoms with Crippen molar-refractivity contribution >= 4 is 16.9 Å². The molecule has 2 heterocycles. The van der Waals surface area contributed by atoms with E-state index >= 15 is 0 Å². The van der Waals surface area contributed by atoms with E-state index in [1.54, 1.807) is 0 Å². The summed E-state index contributed by atoms with van der Waals surface area (Å²) in [5.74, 6) is 2.23. The van der Waals surface area contributed by atoms with Crippen molar-refractivity contribution in [3.8, 4) is 0 Å². The molecule has 2 N–H and O–H groups in total. The van der Waals surface area contributed by atoms with Crippen molar-refractivity contribution in [1.82, 2.24) is 20.6 Å². The molecule has 0 radical (unpaired) electrons. The van der Waals surface area contributed by atoms with Crippen LogP contribution < -0.4 is 10.6 Å². The maximum atomic E-state index is 5.60. The van der Waals surface area contributed by atoms with Gasteiger partial charge in [0.15, 0.2) is 5.96 Å². The van der Waals surface area contributed by atoms with Gasteiger partial charge in [0.05, 0.1) is 24.3 Å². The van der Waals surface area contributed by atoms with Crippen molar-refractivity contribution in [3.05, 3.63) is 59.4 Å². The Labute approximate surface area is 147 Å². The third-order valence-electron chi connectivity index (χ3n) is 3.95. The molecule has 0 aliphatic carbocycles. The lowest BCUT2D eigenvalue weighted by molar-refractivity contribution is 0.463. The molecule has 3 aromatic rings. The van der Waals surface area contributed by atoms with Gasteiger partial charge in [-0.15, -0.1) is 0 Å². The van der Waals surface area contributed by atoms with Crippen LogP contribution in [-0.4, -0.2) is 22.5 Å². The first kappa shape index (κ1) is 17.0. The summed E-state index contributed by atoms with van der Waals surface area (Å²) < 4.78 is 5.60. The molecule has 25 heavy (non-hydrogen) atoms. The zero-order valence-corrected chi connectivity index (χ0v) is 14.8. The Bertz CT molecular complexity index is 860. The maximum Gasteiger partial charge on any atom is 0.214 e. The van der Waals surface area contributed by atoms with Gasteiger partial charge in [-0.05, 0) is 32.4 Å². The zero-order chi connectivity index (χ0) is 17.6. The van der Waals surface area contributed by atoms with E-state index < -0.39 is 0 Å². The molecule has 0 saturated carbocycles. The lowest BCUT2D eigenvalue weighted by atomic mass is 10.1. The predicted octanol–water partition coefficient (Wildman–Crippen LogP) is 3.09. The van der Waals surface area contributed by atoms with E-state index in [9.17, 15) is 0 Å². The standard InChI is InChI=1S/C19H23N5O/c1-4-20-19(23-12-17-24-13(2)14(3)25-17)22-11-16-8-5-7-15-9-6-10-21-18(15)16/h5-10H,4,11-12H2,1-3H3,(H2,20,22,23). The van der Waals surface area contributed by atoms with Gasteiger partial charge in [-0.1, -0.05) is 24.3 Å². The van der Waals surface area contributed by atoms with Crippen LogP contribution in [-0.2, 0) is 13.1 Å². The fraction of sp³-hybridized carbons (Fsp3) is 0.316. The number of pyridine rings is 1. The Morgan fingerprint density at radius 3 is 2.76 bits per heavy atom. The van der Waals surface area contributed by atoms with Gasteiger partial charge in [0.2, 0.25) is 5.89 Å². The van der Waals surface area contributed by atoms with E-state index in [0.29, 0.717) is 19.0 Å². The largest absolute Gasteiger partial charge is 0.444 e. The van der Waals surface area contributed by atoms with E-state index in [1.165, 1.54) is 0 Å². The topological polar surface area (TPSA) is 75.3 Å². The molecular formula is C19H23N5O. The first-order chi connectivity index (χ1) is 12.2. The lowest BCUT2D eigenvalue weighted by Crippen LogP contribution is -2.36. The zero-order valence-electron chi connectivity index (χ0n) is 14.8. The number of hydrogen-bond donors (Lipinski definition) is 2. The molecule has 1 aromatic carbocycles. The van der Waals surface area contributed by atoms with Gasteiger partial charge in [-0.25, -0.2) is 9.98 Å².